The first-order chi connectivity index (χ1) is 13.5. The van der Waals surface area contributed by atoms with Crippen molar-refractivity contribution in [3.05, 3.63) is 58.0 Å². The highest BCUT2D eigenvalue weighted by molar-refractivity contribution is 7.20. The van der Waals surface area contributed by atoms with Crippen molar-refractivity contribution in [1.82, 2.24) is 0 Å². The largest absolute Gasteiger partial charge is 0.506 e. The van der Waals surface area contributed by atoms with Gasteiger partial charge in [0.2, 0.25) is 0 Å². The van der Waals surface area contributed by atoms with E-state index >= 15 is 4.39 Å². The number of allylic oxidation sites excluding steroid dienone is 1. The monoisotopic (exact) mass is 398 g/mol. The van der Waals surface area contributed by atoms with Crippen molar-refractivity contribution in [3.8, 4) is 16.9 Å². The summed E-state index contributed by atoms with van der Waals surface area (Å²) in [6.07, 6.45) is 4.22. The highest BCUT2D eigenvalue weighted by atomic mass is 32.1. The van der Waals surface area contributed by atoms with Crippen LogP contribution in [0.15, 0.2) is 35.9 Å². The molecule has 1 aliphatic heterocycles. The minimum Gasteiger partial charge on any atom is -0.506 e. The van der Waals surface area contributed by atoms with E-state index < -0.39 is 0 Å². The fourth-order valence-corrected chi connectivity index (χ4v) is 5.25. The number of hydrogen-bond acceptors (Lipinski definition) is 3. The molecular formula is C23H20F2O2S. The summed E-state index contributed by atoms with van der Waals surface area (Å²) in [7, 11) is 0. The third kappa shape index (κ3) is 2.72. The third-order valence-corrected chi connectivity index (χ3v) is 6.92. The Morgan fingerprint density at radius 3 is 2.71 bits per heavy atom. The molecule has 1 N–H and O–H groups in total. The molecule has 2 aromatic carbocycles. The molecule has 28 heavy (non-hydrogen) atoms. The number of halogens is 2. The number of ether oxygens (including phenoxy) is 1. The minimum absolute atomic E-state index is 0.0747. The maximum Gasteiger partial charge on any atom is 0.137 e. The molecule has 0 amide bonds. The Labute approximate surface area is 166 Å². The Bertz CT molecular complexity index is 1120. The van der Waals surface area contributed by atoms with Crippen LogP contribution in [-0.2, 0) is 6.42 Å². The Morgan fingerprint density at radius 2 is 1.96 bits per heavy atom. The first-order valence-electron chi connectivity index (χ1n) is 9.64. The first kappa shape index (κ1) is 17.7. The zero-order valence-electron chi connectivity index (χ0n) is 15.5. The Hall–Kier alpha value is -2.40. The second-order valence-corrected chi connectivity index (χ2v) is 8.68. The highest BCUT2D eigenvalue weighted by Gasteiger charge is 2.27. The number of thiophene rings is 1. The van der Waals surface area contributed by atoms with Crippen molar-refractivity contribution in [1.29, 1.82) is 0 Å². The molecule has 1 unspecified atom stereocenters. The van der Waals surface area contributed by atoms with E-state index in [1.165, 1.54) is 23.5 Å². The maximum atomic E-state index is 15.5. The third-order valence-electron chi connectivity index (χ3n) is 5.76. The van der Waals surface area contributed by atoms with Gasteiger partial charge in [-0.3, -0.25) is 0 Å². The van der Waals surface area contributed by atoms with Crippen LogP contribution in [0, 0.1) is 11.6 Å². The van der Waals surface area contributed by atoms with E-state index in [0.29, 0.717) is 38.4 Å². The summed E-state index contributed by atoms with van der Waals surface area (Å²) in [5, 5.41) is 11.6. The van der Waals surface area contributed by atoms with Gasteiger partial charge in [0.05, 0.1) is 11.0 Å². The fourth-order valence-electron chi connectivity index (χ4n) is 4.02. The van der Waals surface area contributed by atoms with Gasteiger partial charge >= 0.3 is 0 Å². The summed E-state index contributed by atoms with van der Waals surface area (Å²) in [6.45, 7) is 1.98. The average Bonchev–Trinajstić information content (AvgIpc) is 2.99. The maximum absolute atomic E-state index is 15.5. The van der Waals surface area contributed by atoms with Gasteiger partial charge in [-0.2, -0.15) is 0 Å². The summed E-state index contributed by atoms with van der Waals surface area (Å²) in [5.41, 5.74) is 2.66. The van der Waals surface area contributed by atoms with E-state index in [-0.39, 0.29) is 23.5 Å². The topological polar surface area (TPSA) is 29.5 Å². The van der Waals surface area contributed by atoms with E-state index in [0.717, 1.165) is 36.6 Å². The van der Waals surface area contributed by atoms with Gasteiger partial charge in [0.1, 0.15) is 23.1 Å². The van der Waals surface area contributed by atoms with Crippen molar-refractivity contribution < 1.29 is 18.6 Å². The number of hydrogen-bond donors (Lipinski definition) is 1. The van der Waals surface area contributed by atoms with Crippen LogP contribution < -0.4 is 4.74 Å². The van der Waals surface area contributed by atoms with Crippen molar-refractivity contribution >= 4 is 27.2 Å². The minimum atomic E-state index is -0.337. The van der Waals surface area contributed by atoms with Crippen LogP contribution in [0.5, 0.6) is 5.75 Å². The SMILES string of the molecule is CC1CCc2c(ccc(-c3c(C(O)=C4CCC4)sc4cc(F)ccc34)c2F)O1. The smallest absolute Gasteiger partial charge is 0.137 e. The van der Waals surface area contributed by atoms with E-state index in [9.17, 15) is 9.50 Å². The van der Waals surface area contributed by atoms with Crippen LogP contribution in [-0.4, -0.2) is 11.2 Å². The lowest BCUT2D eigenvalue weighted by Crippen LogP contribution is -2.19. The van der Waals surface area contributed by atoms with Crippen molar-refractivity contribution in [3.63, 3.8) is 0 Å². The highest BCUT2D eigenvalue weighted by Crippen LogP contribution is 2.47. The van der Waals surface area contributed by atoms with E-state index in [1.807, 2.05) is 13.0 Å². The van der Waals surface area contributed by atoms with E-state index in [2.05, 4.69) is 0 Å². The number of aliphatic hydroxyl groups excluding tert-OH is 1. The van der Waals surface area contributed by atoms with E-state index in [1.54, 1.807) is 12.1 Å². The molecule has 1 fully saturated rings. The van der Waals surface area contributed by atoms with Gasteiger partial charge in [-0.15, -0.1) is 11.3 Å². The summed E-state index contributed by atoms with van der Waals surface area (Å²) in [5.74, 6) is 0.176. The van der Waals surface area contributed by atoms with Gasteiger partial charge in [-0.1, -0.05) is 0 Å². The Balaban J connectivity index is 1.77. The zero-order valence-corrected chi connectivity index (χ0v) is 16.3. The van der Waals surface area contributed by atoms with Crippen LogP contribution in [0.25, 0.3) is 27.0 Å². The fraction of sp³-hybridized carbons (Fsp3) is 0.304. The molecule has 144 valence electrons. The predicted octanol–water partition coefficient (Wildman–Crippen LogP) is 7.01. The Kier molecular flexibility index (Phi) is 4.16. The lowest BCUT2D eigenvalue weighted by Gasteiger charge is -2.24. The normalized spacial score (nSPS) is 18.5. The molecule has 0 radical (unpaired) electrons. The molecule has 3 aromatic rings. The van der Waals surface area contributed by atoms with Gasteiger partial charge in [0.25, 0.3) is 0 Å². The molecule has 1 aromatic heterocycles. The molecule has 5 rings (SSSR count). The predicted molar refractivity (Wildman–Crippen MR) is 109 cm³/mol. The van der Waals surface area contributed by atoms with Gasteiger partial charge < -0.3 is 9.84 Å². The number of aliphatic hydroxyl groups is 1. The second kappa shape index (κ2) is 6.59. The van der Waals surface area contributed by atoms with Gasteiger partial charge in [-0.25, -0.2) is 8.78 Å². The van der Waals surface area contributed by atoms with Crippen molar-refractivity contribution in [2.45, 2.75) is 45.1 Å². The van der Waals surface area contributed by atoms with Crippen LogP contribution in [0.1, 0.15) is 43.0 Å². The number of fused-ring (bicyclic) bond motifs is 2. The van der Waals surface area contributed by atoms with Gasteiger partial charge in [0, 0.05) is 26.8 Å². The quantitative estimate of drug-likeness (QED) is 0.470. The number of rotatable bonds is 2. The Morgan fingerprint density at radius 1 is 1.14 bits per heavy atom. The molecule has 5 heteroatoms. The molecular weight excluding hydrogens is 378 g/mol. The van der Waals surface area contributed by atoms with Crippen molar-refractivity contribution in [2.24, 2.45) is 0 Å². The van der Waals surface area contributed by atoms with Gasteiger partial charge in [0.15, 0.2) is 0 Å². The first-order valence-corrected chi connectivity index (χ1v) is 10.5. The average molecular weight is 398 g/mol. The van der Waals surface area contributed by atoms with Crippen LogP contribution in [0.3, 0.4) is 0 Å². The molecule has 0 saturated heterocycles. The lowest BCUT2D eigenvalue weighted by molar-refractivity contribution is 0.190. The molecule has 1 atom stereocenters. The molecule has 0 spiro atoms. The van der Waals surface area contributed by atoms with Crippen LogP contribution in [0.4, 0.5) is 8.78 Å². The zero-order chi connectivity index (χ0) is 19.4. The summed E-state index contributed by atoms with van der Waals surface area (Å²) < 4.78 is 35.8. The summed E-state index contributed by atoms with van der Waals surface area (Å²) >= 11 is 1.32. The van der Waals surface area contributed by atoms with E-state index in [4.69, 9.17) is 4.74 Å². The molecule has 2 nitrogen and oxygen atoms in total. The van der Waals surface area contributed by atoms with Crippen LogP contribution in [0.2, 0.25) is 0 Å². The summed E-state index contributed by atoms with van der Waals surface area (Å²) in [4.78, 5) is 0.624. The standard InChI is InChI=1S/C23H20F2O2S/c1-12-5-7-15-18(27-12)10-9-17(21(15)25)20-16-8-6-14(24)11-19(16)28-23(20)22(26)13-3-2-4-13/h6,8-12,26H,2-5,7H2,1H3. The lowest BCUT2D eigenvalue weighted by atomic mass is 9.89. The van der Waals surface area contributed by atoms with Crippen molar-refractivity contribution in [2.75, 3.05) is 0 Å². The molecule has 1 saturated carbocycles. The molecule has 0 bridgehead atoms. The molecule has 2 aliphatic rings. The van der Waals surface area contributed by atoms with Crippen LogP contribution >= 0.6 is 11.3 Å². The second-order valence-electron chi connectivity index (χ2n) is 7.62. The van der Waals surface area contributed by atoms with Gasteiger partial charge in [-0.05, 0) is 74.9 Å². The molecule has 1 aliphatic carbocycles. The summed E-state index contributed by atoms with van der Waals surface area (Å²) in [6, 6.07) is 8.05. The molecule has 2 heterocycles. The number of benzene rings is 2.